The Morgan fingerprint density at radius 3 is 2.16 bits per heavy atom. The summed E-state index contributed by atoms with van der Waals surface area (Å²) in [5.74, 6) is 0.527. The van der Waals surface area contributed by atoms with Crippen LogP contribution in [-0.2, 0) is 0 Å². The molecule has 1 aromatic heterocycles. The molecule has 2 atom stereocenters. The minimum absolute atomic E-state index is 0.527. The van der Waals surface area contributed by atoms with Gasteiger partial charge in [0, 0.05) is 25.7 Å². The summed E-state index contributed by atoms with van der Waals surface area (Å²) in [6, 6.07) is 29.4. The van der Waals surface area contributed by atoms with Gasteiger partial charge in [-0.15, -0.1) is 23.1 Å². The van der Waals surface area contributed by atoms with Crippen molar-refractivity contribution in [3.05, 3.63) is 115 Å². The van der Waals surface area contributed by atoms with E-state index in [1.807, 2.05) is 23.1 Å². The normalized spacial score (nSPS) is 19.7. The fraction of sp³-hybridized carbons (Fsp3) is 0.0667. The first kappa shape index (κ1) is 18.5. The Kier molecular flexibility index (Phi) is 4.18. The Morgan fingerprint density at radius 1 is 0.594 bits per heavy atom. The molecule has 2 heterocycles. The second kappa shape index (κ2) is 7.23. The SMILES string of the molecule is C1=CC2C=C(c3ccc4cc5cc(-c6cc7ccccc7s6)ccc5cc4c3)SC2C=C1. The smallest absolute Gasteiger partial charge is 0.0375 e. The Hall–Kier alpha value is -3.07. The highest BCUT2D eigenvalue weighted by molar-refractivity contribution is 8.09. The number of rotatable bonds is 2. The minimum atomic E-state index is 0.527. The average Bonchev–Trinajstić information content (AvgIpc) is 3.46. The summed E-state index contributed by atoms with van der Waals surface area (Å²) < 4.78 is 1.35. The van der Waals surface area contributed by atoms with E-state index in [0.29, 0.717) is 11.2 Å². The van der Waals surface area contributed by atoms with Gasteiger partial charge in [-0.2, -0.15) is 0 Å². The molecule has 0 radical (unpaired) electrons. The van der Waals surface area contributed by atoms with Crippen LogP contribution in [0.25, 0.3) is 47.0 Å². The fourth-order valence-corrected chi connectivity index (χ4v) is 7.17. The maximum Gasteiger partial charge on any atom is 0.0375 e. The summed E-state index contributed by atoms with van der Waals surface area (Å²) in [4.78, 5) is 2.73. The van der Waals surface area contributed by atoms with Crippen molar-refractivity contribution in [1.29, 1.82) is 0 Å². The molecule has 152 valence electrons. The van der Waals surface area contributed by atoms with Gasteiger partial charge in [0.05, 0.1) is 0 Å². The molecule has 2 heteroatoms. The van der Waals surface area contributed by atoms with Gasteiger partial charge < -0.3 is 0 Å². The number of hydrogen-bond acceptors (Lipinski definition) is 2. The number of thiophene rings is 1. The van der Waals surface area contributed by atoms with E-state index in [-0.39, 0.29) is 0 Å². The van der Waals surface area contributed by atoms with Crippen LogP contribution in [0.3, 0.4) is 0 Å². The van der Waals surface area contributed by atoms with Gasteiger partial charge in [0.2, 0.25) is 0 Å². The Balaban J connectivity index is 1.28. The van der Waals surface area contributed by atoms with Crippen LogP contribution >= 0.6 is 23.1 Å². The molecule has 0 nitrogen and oxygen atoms in total. The van der Waals surface area contributed by atoms with Crippen LogP contribution in [0, 0.1) is 5.92 Å². The molecule has 5 aromatic rings. The van der Waals surface area contributed by atoms with Crippen molar-refractivity contribution in [3.8, 4) is 10.4 Å². The second-order valence-corrected chi connectivity index (χ2v) is 10.9. The van der Waals surface area contributed by atoms with E-state index in [9.17, 15) is 0 Å². The summed E-state index contributed by atoms with van der Waals surface area (Å²) in [6.07, 6.45) is 11.4. The third-order valence-electron chi connectivity index (χ3n) is 6.52. The second-order valence-electron chi connectivity index (χ2n) is 8.59. The van der Waals surface area contributed by atoms with Crippen LogP contribution in [0.2, 0.25) is 0 Å². The fourth-order valence-electron chi connectivity index (χ4n) is 4.83. The topological polar surface area (TPSA) is 0 Å². The standard InChI is InChI=1S/C30H20S2/c1-3-7-27-21(5-1)17-29(31-27)23-11-9-19-14-26-16-24(12-10-20(26)13-25(19)15-23)30-18-22-6-2-4-8-28(22)32-30/h1-18,21,27H. The quantitative estimate of drug-likeness (QED) is 0.245. The van der Waals surface area contributed by atoms with Crippen molar-refractivity contribution < 1.29 is 0 Å². The van der Waals surface area contributed by atoms with E-state index < -0.39 is 0 Å². The lowest BCUT2D eigenvalue weighted by atomic mass is 9.97. The van der Waals surface area contributed by atoms with Crippen molar-refractivity contribution in [3.63, 3.8) is 0 Å². The summed E-state index contributed by atoms with van der Waals surface area (Å²) >= 11 is 3.85. The summed E-state index contributed by atoms with van der Waals surface area (Å²) in [5, 5.41) is 7.09. The molecule has 0 N–H and O–H groups in total. The van der Waals surface area contributed by atoms with Crippen molar-refractivity contribution in [2.75, 3.05) is 0 Å². The van der Waals surface area contributed by atoms with Crippen molar-refractivity contribution in [2.24, 2.45) is 5.92 Å². The zero-order valence-electron chi connectivity index (χ0n) is 17.4. The van der Waals surface area contributed by atoms with Gasteiger partial charge in [-0.3, -0.25) is 0 Å². The molecule has 0 amide bonds. The Bertz CT molecular complexity index is 1580. The van der Waals surface area contributed by atoms with Gasteiger partial charge >= 0.3 is 0 Å². The lowest BCUT2D eigenvalue weighted by Gasteiger charge is -2.13. The first-order chi connectivity index (χ1) is 15.8. The van der Waals surface area contributed by atoms with E-state index in [0.717, 1.165) is 0 Å². The summed E-state index contributed by atoms with van der Waals surface area (Å²) in [5.41, 5.74) is 2.63. The maximum absolute atomic E-state index is 2.43. The number of thioether (sulfide) groups is 1. The summed E-state index contributed by atoms with van der Waals surface area (Å²) in [7, 11) is 0. The molecule has 2 aliphatic rings. The van der Waals surface area contributed by atoms with Crippen LogP contribution in [0.15, 0.2) is 109 Å². The van der Waals surface area contributed by atoms with E-state index in [1.165, 1.54) is 52.5 Å². The number of fused-ring (bicyclic) bond motifs is 4. The van der Waals surface area contributed by atoms with Crippen LogP contribution in [0.1, 0.15) is 5.56 Å². The van der Waals surface area contributed by atoms with Crippen molar-refractivity contribution in [2.45, 2.75) is 5.25 Å². The van der Waals surface area contributed by atoms with E-state index in [1.54, 1.807) is 0 Å². The molecule has 4 aromatic carbocycles. The van der Waals surface area contributed by atoms with Gasteiger partial charge in [-0.1, -0.05) is 72.8 Å². The van der Waals surface area contributed by atoms with Crippen LogP contribution in [0.4, 0.5) is 0 Å². The average molecular weight is 445 g/mol. The third kappa shape index (κ3) is 3.06. The summed E-state index contributed by atoms with van der Waals surface area (Å²) in [6.45, 7) is 0. The predicted octanol–water partition coefficient (Wildman–Crippen LogP) is 9.07. The van der Waals surface area contributed by atoms with Gasteiger partial charge in [0.25, 0.3) is 0 Å². The molecule has 32 heavy (non-hydrogen) atoms. The first-order valence-corrected chi connectivity index (χ1v) is 12.7. The maximum atomic E-state index is 2.43. The van der Waals surface area contributed by atoms with Gasteiger partial charge in [0.15, 0.2) is 0 Å². The molecule has 1 aliphatic carbocycles. The monoisotopic (exact) mass is 444 g/mol. The zero-order chi connectivity index (χ0) is 21.1. The van der Waals surface area contributed by atoms with Gasteiger partial charge in [-0.25, -0.2) is 0 Å². The van der Waals surface area contributed by atoms with E-state index in [2.05, 4.69) is 109 Å². The van der Waals surface area contributed by atoms with Crippen LogP contribution in [0.5, 0.6) is 0 Å². The number of benzene rings is 4. The number of allylic oxidation sites excluding steroid dienone is 4. The molecule has 0 saturated heterocycles. The predicted molar refractivity (Wildman–Crippen MR) is 143 cm³/mol. The molecular formula is C30H20S2. The zero-order valence-corrected chi connectivity index (χ0v) is 19.0. The van der Waals surface area contributed by atoms with Gasteiger partial charge in [0.1, 0.15) is 0 Å². The highest BCUT2D eigenvalue weighted by Crippen LogP contribution is 2.45. The Labute approximate surface area is 195 Å². The molecule has 1 aliphatic heterocycles. The van der Waals surface area contributed by atoms with E-state index >= 15 is 0 Å². The highest BCUT2D eigenvalue weighted by Gasteiger charge is 2.26. The first-order valence-electron chi connectivity index (χ1n) is 11.0. The van der Waals surface area contributed by atoms with Crippen molar-refractivity contribution in [1.82, 2.24) is 0 Å². The number of hydrogen-bond donors (Lipinski definition) is 0. The largest absolute Gasteiger partial charge is 0.135 e. The molecular weight excluding hydrogens is 424 g/mol. The molecule has 7 rings (SSSR count). The Morgan fingerprint density at radius 2 is 1.34 bits per heavy atom. The van der Waals surface area contributed by atoms with E-state index in [4.69, 9.17) is 0 Å². The molecule has 0 bridgehead atoms. The molecule has 2 unspecified atom stereocenters. The molecule has 0 saturated carbocycles. The lowest BCUT2D eigenvalue weighted by Crippen LogP contribution is -2.07. The molecule has 0 spiro atoms. The highest BCUT2D eigenvalue weighted by atomic mass is 32.2. The minimum Gasteiger partial charge on any atom is -0.135 e. The van der Waals surface area contributed by atoms with Crippen LogP contribution in [-0.4, -0.2) is 5.25 Å². The third-order valence-corrected chi connectivity index (χ3v) is 9.06. The molecule has 0 fully saturated rings. The van der Waals surface area contributed by atoms with Crippen molar-refractivity contribution >= 4 is 59.6 Å². The lowest BCUT2D eigenvalue weighted by molar-refractivity contribution is 0.857. The van der Waals surface area contributed by atoms with Gasteiger partial charge in [-0.05, 0) is 74.5 Å². The van der Waals surface area contributed by atoms with Crippen LogP contribution < -0.4 is 0 Å².